The molecule has 27 heavy (non-hydrogen) atoms. The summed E-state index contributed by atoms with van der Waals surface area (Å²) in [5.41, 5.74) is 5.95. The number of aryl methyl sites for hydroxylation is 1. The SMILES string of the molecule is Cn1cc(-c2c[nH]c3ncc(C(=O)N4CCc5ccccc5C4)cc23)cn1. The molecule has 1 aliphatic rings. The summed E-state index contributed by atoms with van der Waals surface area (Å²) in [5.74, 6) is 0.0252. The number of nitrogens with one attached hydrogen (secondary N) is 1. The van der Waals surface area contributed by atoms with Crippen LogP contribution in [0, 0.1) is 0 Å². The van der Waals surface area contributed by atoms with Crippen LogP contribution in [0.5, 0.6) is 0 Å². The van der Waals surface area contributed by atoms with Crippen molar-refractivity contribution in [1.29, 1.82) is 0 Å². The van der Waals surface area contributed by atoms with E-state index in [-0.39, 0.29) is 5.91 Å². The molecule has 1 N–H and O–H groups in total. The van der Waals surface area contributed by atoms with Crippen LogP contribution in [0.3, 0.4) is 0 Å². The van der Waals surface area contributed by atoms with Gasteiger partial charge in [0.25, 0.3) is 5.91 Å². The maximum Gasteiger partial charge on any atom is 0.255 e. The number of hydrogen-bond acceptors (Lipinski definition) is 3. The Morgan fingerprint density at radius 2 is 2.04 bits per heavy atom. The van der Waals surface area contributed by atoms with E-state index < -0.39 is 0 Å². The van der Waals surface area contributed by atoms with E-state index in [2.05, 4.69) is 33.3 Å². The number of benzene rings is 1. The normalized spacial score (nSPS) is 13.7. The third-order valence-corrected chi connectivity index (χ3v) is 5.21. The summed E-state index contributed by atoms with van der Waals surface area (Å²) in [5, 5.41) is 5.18. The molecule has 6 heteroatoms. The third kappa shape index (κ3) is 2.70. The van der Waals surface area contributed by atoms with E-state index in [1.807, 2.05) is 42.7 Å². The molecule has 1 amide bonds. The highest BCUT2D eigenvalue weighted by atomic mass is 16.2. The van der Waals surface area contributed by atoms with Crippen molar-refractivity contribution in [3.63, 3.8) is 0 Å². The lowest BCUT2D eigenvalue weighted by Crippen LogP contribution is -2.35. The van der Waals surface area contributed by atoms with Crippen LogP contribution in [0.25, 0.3) is 22.2 Å². The molecule has 0 fully saturated rings. The van der Waals surface area contributed by atoms with Gasteiger partial charge in [0.2, 0.25) is 0 Å². The number of carbonyl (C=O) groups excluding carboxylic acids is 1. The molecule has 6 nitrogen and oxygen atoms in total. The Bertz CT molecular complexity index is 1160. The van der Waals surface area contributed by atoms with Crippen molar-refractivity contribution in [3.05, 3.63) is 71.8 Å². The summed E-state index contributed by atoms with van der Waals surface area (Å²) in [6, 6.07) is 10.3. The monoisotopic (exact) mass is 357 g/mol. The number of hydrogen-bond donors (Lipinski definition) is 1. The molecule has 3 aromatic heterocycles. The summed E-state index contributed by atoms with van der Waals surface area (Å²) >= 11 is 0. The average molecular weight is 357 g/mol. The van der Waals surface area contributed by atoms with Gasteiger partial charge < -0.3 is 9.88 Å². The van der Waals surface area contributed by atoms with Crippen LogP contribution in [0.15, 0.2) is 55.1 Å². The second-order valence-corrected chi connectivity index (χ2v) is 6.97. The quantitative estimate of drug-likeness (QED) is 0.599. The minimum absolute atomic E-state index is 0.0252. The number of rotatable bonds is 2. The molecular formula is C21H19N5O. The Labute approximate surface area is 156 Å². The molecule has 1 aliphatic heterocycles. The number of nitrogens with zero attached hydrogens (tertiary/aromatic N) is 4. The van der Waals surface area contributed by atoms with E-state index in [9.17, 15) is 4.79 Å². The van der Waals surface area contributed by atoms with Crippen LogP contribution >= 0.6 is 0 Å². The molecule has 0 saturated carbocycles. The van der Waals surface area contributed by atoms with E-state index in [0.717, 1.165) is 35.1 Å². The van der Waals surface area contributed by atoms with Crippen molar-refractivity contribution in [2.45, 2.75) is 13.0 Å². The molecule has 0 bridgehead atoms. The molecule has 0 aliphatic carbocycles. The van der Waals surface area contributed by atoms with Gasteiger partial charge in [-0.1, -0.05) is 24.3 Å². The fourth-order valence-corrected chi connectivity index (χ4v) is 3.77. The van der Waals surface area contributed by atoms with Gasteiger partial charge in [0, 0.05) is 55.2 Å². The largest absolute Gasteiger partial charge is 0.346 e. The molecule has 0 atom stereocenters. The van der Waals surface area contributed by atoms with Crippen LogP contribution in [0.2, 0.25) is 0 Å². The predicted octanol–water partition coefficient (Wildman–Crippen LogP) is 3.16. The smallest absolute Gasteiger partial charge is 0.255 e. The van der Waals surface area contributed by atoms with Crippen LogP contribution in [-0.2, 0) is 20.0 Å². The molecular weight excluding hydrogens is 338 g/mol. The van der Waals surface area contributed by atoms with Crippen molar-refractivity contribution >= 4 is 16.9 Å². The summed E-state index contributed by atoms with van der Waals surface area (Å²) in [7, 11) is 1.89. The molecule has 0 saturated heterocycles. The summed E-state index contributed by atoms with van der Waals surface area (Å²) in [6.45, 7) is 1.38. The standard InChI is InChI=1S/C21H19N5O/c1-25-12-17(10-24-25)19-11-23-20-18(19)8-16(9-22-20)21(27)26-7-6-14-4-2-3-5-15(14)13-26/h2-5,8-12H,6-7,13H2,1H3,(H,22,23). The van der Waals surface area contributed by atoms with E-state index in [1.54, 1.807) is 10.9 Å². The van der Waals surface area contributed by atoms with Gasteiger partial charge in [0.05, 0.1) is 11.8 Å². The molecule has 0 unspecified atom stereocenters. The average Bonchev–Trinajstić information content (AvgIpc) is 3.32. The van der Waals surface area contributed by atoms with Gasteiger partial charge in [0.1, 0.15) is 5.65 Å². The lowest BCUT2D eigenvalue weighted by atomic mass is 9.99. The van der Waals surface area contributed by atoms with Crippen LogP contribution in [-0.4, -0.2) is 37.1 Å². The molecule has 1 aromatic carbocycles. The lowest BCUT2D eigenvalue weighted by Gasteiger charge is -2.28. The summed E-state index contributed by atoms with van der Waals surface area (Å²) < 4.78 is 1.77. The zero-order valence-corrected chi connectivity index (χ0v) is 15.0. The lowest BCUT2D eigenvalue weighted by molar-refractivity contribution is 0.0734. The number of amides is 1. The number of aromatic amines is 1. The number of H-pyrrole nitrogens is 1. The zero-order chi connectivity index (χ0) is 18.4. The molecule has 0 radical (unpaired) electrons. The van der Waals surface area contributed by atoms with Crippen LogP contribution in [0.1, 0.15) is 21.5 Å². The van der Waals surface area contributed by atoms with Crippen molar-refractivity contribution in [3.8, 4) is 11.1 Å². The van der Waals surface area contributed by atoms with Crippen molar-refractivity contribution in [2.24, 2.45) is 7.05 Å². The summed E-state index contributed by atoms with van der Waals surface area (Å²) in [4.78, 5) is 22.6. The van der Waals surface area contributed by atoms with E-state index >= 15 is 0 Å². The molecule has 5 rings (SSSR count). The van der Waals surface area contributed by atoms with Gasteiger partial charge in [-0.25, -0.2) is 4.98 Å². The second-order valence-electron chi connectivity index (χ2n) is 6.97. The topological polar surface area (TPSA) is 66.8 Å². The molecule has 4 aromatic rings. The Balaban J connectivity index is 1.49. The first-order valence-electron chi connectivity index (χ1n) is 9.01. The number of carbonyl (C=O) groups is 1. The Morgan fingerprint density at radius 3 is 2.85 bits per heavy atom. The molecule has 0 spiro atoms. The van der Waals surface area contributed by atoms with Gasteiger partial charge in [-0.3, -0.25) is 9.48 Å². The number of pyridine rings is 1. The Kier molecular flexibility index (Phi) is 3.57. The highest BCUT2D eigenvalue weighted by molar-refractivity contribution is 6.01. The van der Waals surface area contributed by atoms with E-state index in [4.69, 9.17) is 0 Å². The van der Waals surface area contributed by atoms with Gasteiger partial charge >= 0.3 is 0 Å². The third-order valence-electron chi connectivity index (χ3n) is 5.21. The highest BCUT2D eigenvalue weighted by Gasteiger charge is 2.22. The first-order valence-corrected chi connectivity index (χ1v) is 9.01. The fraction of sp³-hybridized carbons (Fsp3) is 0.190. The Hall–Kier alpha value is -3.41. The molecule has 4 heterocycles. The van der Waals surface area contributed by atoms with E-state index in [1.165, 1.54) is 11.1 Å². The van der Waals surface area contributed by atoms with Gasteiger partial charge in [-0.05, 0) is 23.6 Å². The van der Waals surface area contributed by atoms with Gasteiger partial charge in [-0.2, -0.15) is 5.10 Å². The maximum absolute atomic E-state index is 13.1. The predicted molar refractivity (Wildman–Crippen MR) is 103 cm³/mol. The van der Waals surface area contributed by atoms with Crippen molar-refractivity contribution in [2.75, 3.05) is 6.54 Å². The number of fused-ring (bicyclic) bond motifs is 2. The van der Waals surface area contributed by atoms with Crippen molar-refractivity contribution in [1.82, 2.24) is 24.6 Å². The summed E-state index contributed by atoms with van der Waals surface area (Å²) in [6.07, 6.45) is 8.24. The fourth-order valence-electron chi connectivity index (χ4n) is 3.77. The van der Waals surface area contributed by atoms with E-state index in [0.29, 0.717) is 12.1 Å². The van der Waals surface area contributed by atoms with Gasteiger partial charge in [0.15, 0.2) is 0 Å². The number of aromatic nitrogens is 4. The van der Waals surface area contributed by atoms with Crippen LogP contribution in [0.4, 0.5) is 0 Å². The first-order chi connectivity index (χ1) is 13.2. The maximum atomic E-state index is 13.1. The second kappa shape index (κ2) is 6.09. The minimum atomic E-state index is 0.0252. The van der Waals surface area contributed by atoms with Crippen molar-refractivity contribution < 1.29 is 4.79 Å². The van der Waals surface area contributed by atoms with Gasteiger partial charge in [-0.15, -0.1) is 0 Å². The minimum Gasteiger partial charge on any atom is -0.346 e. The zero-order valence-electron chi connectivity index (χ0n) is 15.0. The highest BCUT2D eigenvalue weighted by Crippen LogP contribution is 2.28. The van der Waals surface area contributed by atoms with Crippen LogP contribution < -0.4 is 0 Å². The Morgan fingerprint density at radius 1 is 1.19 bits per heavy atom. The first kappa shape index (κ1) is 15.8. The molecule has 134 valence electrons.